The molecule has 0 bridgehead atoms. The Labute approximate surface area is 199 Å². The van der Waals surface area contributed by atoms with Crippen LogP contribution in [0.5, 0.6) is 5.75 Å². The molecule has 1 aliphatic carbocycles. The lowest BCUT2D eigenvalue weighted by molar-refractivity contribution is -0.115. The first-order valence-electron chi connectivity index (χ1n) is 11.1. The number of nitrogens with one attached hydrogen (secondary N) is 1. The van der Waals surface area contributed by atoms with E-state index in [4.69, 9.17) is 4.98 Å². The molecule has 0 aliphatic heterocycles. The zero-order valence-electron chi connectivity index (χ0n) is 18.5. The second kappa shape index (κ2) is 9.23. The highest BCUT2D eigenvalue weighted by molar-refractivity contribution is 5.92. The predicted octanol–water partition coefficient (Wildman–Crippen LogP) is 4.49. The number of fused-ring (bicyclic) bond motifs is 3. The fourth-order valence-corrected chi connectivity index (χ4v) is 4.23. The predicted molar refractivity (Wildman–Crippen MR) is 126 cm³/mol. The SMILES string of the molecule is O=C(Cc1ccc(F)c(F)c1)Nc1nc2c(nc1C(O)c1ccccc1)-c1ccc(O)cc1CC2. The first-order valence-corrected chi connectivity index (χ1v) is 11.1. The monoisotopic (exact) mass is 473 g/mol. The molecular weight excluding hydrogens is 452 g/mol. The Morgan fingerprint density at radius 2 is 1.77 bits per heavy atom. The van der Waals surface area contributed by atoms with Crippen LogP contribution in [0.25, 0.3) is 11.3 Å². The Kier molecular flexibility index (Phi) is 5.96. The number of aromatic hydroxyl groups is 1. The van der Waals surface area contributed by atoms with Crippen LogP contribution in [0.2, 0.25) is 0 Å². The molecule has 1 aromatic heterocycles. The van der Waals surface area contributed by atoms with Crippen LogP contribution in [0.1, 0.15) is 34.2 Å². The van der Waals surface area contributed by atoms with Gasteiger partial charge in [-0.2, -0.15) is 0 Å². The largest absolute Gasteiger partial charge is 0.508 e. The van der Waals surface area contributed by atoms with E-state index >= 15 is 0 Å². The van der Waals surface area contributed by atoms with E-state index in [9.17, 15) is 23.8 Å². The number of aliphatic hydroxyl groups is 1. The van der Waals surface area contributed by atoms with Crippen molar-refractivity contribution in [1.29, 1.82) is 0 Å². The average Bonchev–Trinajstić information content (AvgIpc) is 2.85. The third kappa shape index (κ3) is 4.61. The van der Waals surface area contributed by atoms with Gasteiger partial charge in [0, 0.05) is 5.56 Å². The Morgan fingerprint density at radius 3 is 2.54 bits per heavy atom. The van der Waals surface area contributed by atoms with Crippen LogP contribution in [-0.2, 0) is 24.1 Å². The number of phenols is 1. The molecule has 8 heteroatoms. The van der Waals surface area contributed by atoms with Gasteiger partial charge in [-0.3, -0.25) is 4.79 Å². The number of benzene rings is 3. The maximum Gasteiger partial charge on any atom is 0.229 e. The van der Waals surface area contributed by atoms with Crippen molar-refractivity contribution in [3.05, 3.63) is 106 Å². The van der Waals surface area contributed by atoms with E-state index in [0.29, 0.717) is 35.4 Å². The van der Waals surface area contributed by atoms with Crippen molar-refractivity contribution in [3.63, 3.8) is 0 Å². The van der Waals surface area contributed by atoms with Crippen LogP contribution >= 0.6 is 0 Å². The number of hydrogen-bond acceptors (Lipinski definition) is 5. The van der Waals surface area contributed by atoms with Gasteiger partial charge in [0.15, 0.2) is 17.5 Å². The van der Waals surface area contributed by atoms with Gasteiger partial charge in [0.05, 0.1) is 17.8 Å². The van der Waals surface area contributed by atoms with Crippen LogP contribution in [0.15, 0.2) is 66.7 Å². The normalized spacial score (nSPS) is 13.0. The lowest BCUT2D eigenvalue weighted by Gasteiger charge is -2.23. The van der Waals surface area contributed by atoms with Gasteiger partial charge in [0.1, 0.15) is 17.5 Å². The maximum atomic E-state index is 13.6. The maximum absolute atomic E-state index is 13.6. The topological polar surface area (TPSA) is 95.3 Å². The molecule has 0 saturated carbocycles. The number of anilines is 1. The molecule has 5 rings (SSSR count). The van der Waals surface area contributed by atoms with Crippen LogP contribution in [0.4, 0.5) is 14.6 Å². The van der Waals surface area contributed by atoms with E-state index < -0.39 is 23.6 Å². The Bertz CT molecular complexity index is 1430. The zero-order chi connectivity index (χ0) is 24.5. The minimum Gasteiger partial charge on any atom is -0.508 e. The quantitative estimate of drug-likeness (QED) is 0.397. The van der Waals surface area contributed by atoms with Gasteiger partial charge in [-0.1, -0.05) is 36.4 Å². The summed E-state index contributed by atoms with van der Waals surface area (Å²) in [6, 6.07) is 17.2. The minimum absolute atomic E-state index is 0.106. The number of hydrogen-bond donors (Lipinski definition) is 3. The van der Waals surface area contributed by atoms with Gasteiger partial charge in [-0.15, -0.1) is 0 Å². The second-order valence-corrected chi connectivity index (χ2v) is 8.38. The number of aliphatic hydroxyl groups excluding tert-OH is 1. The van der Waals surface area contributed by atoms with Crippen molar-refractivity contribution in [2.75, 3.05) is 5.32 Å². The van der Waals surface area contributed by atoms with Gasteiger partial charge in [0.2, 0.25) is 5.91 Å². The smallest absolute Gasteiger partial charge is 0.229 e. The zero-order valence-corrected chi connectivity index (χ0v) is 18.5. The molecule has 0 fully saturated rings. The Hall–Kier alpha value is -4.17. The molecule has 1 atom stereocenters. The number of carbonyl (C=O) groups is 1. The molecule has 0 spiro atoms. The lowest BCUT2D eigenvalue weighted by atomic mass is 9.91. The first-order chi connectivity index (χ1) is 16.9. The number of amides is 1. The number of aromatic nitrogens is 2. The van der Waals surface area contributed by atoms with Crippen LogP contribution in [-0.4, -0.2) is 26.1 Å². The number of aryl methyl sites for hydroxylation is 2. The fraction of sp³-hybridized carbons (Fsp3) is 0.148. The van der Waals surface area contributed by atoms with Crippen LogP contribution in [0.3, 0.4) is 0 Å². The van der Waals surface area contributed by atoms with E-state index in [-0.39, 0.29) is 23.7 Å². The van der Waals surface area contributed by atoms with Gasteiger partial charge in [-0.05, 0) is 59.9 Å². The molecule has 1 aliphatic rings. The average molecular weight is 473 g/mol. The number of halogens is 2. The van der Waals surface area contributed by atoms with Gasteiger partial charge >= 0.3 is 0 Å². The van der Waals surface area contributed by atoms with Crippen LogP contribution < -0.4 is 5.32 Å². The number of nitrogens with zero attached hydrogens (tertiary/aromatic N) is 2. The molecule has 1 heterocycles. The summed E-state index contributed by atoms with van der Waals surface area (Å²) < 4.78 is 26.8. The van der Waals surface area contributed by atoms with Gasteiger partial charge in [-0.25, -0.2) is 18.7 Å². The number of carbonyl (C=O) groups excluding carboxylic acids is 1. The van der Waals surface area contributed by atoms with Crippen molar-refractivity contribution < 1.29 is 23.8 Å². The molecule has 4 aromatic rings. The highest BCUT2D eigenvalue weighted by Gasteiger charge is 2.26. The van der Waals surface area contributed by atoms with Crippen molar-refractivity contribution >= 4 is 11.7 Å². The Morgan fingerprint density at radius 1 is 0.971 bits per heavy atom. The van der Waals surface area contributed by atoms with Crippen molar-refractivity contribution in [1.82, 2.24) is 9.97 Å². The van der Waals surface area contributed by atoms with Gasteiger partial charge < -0.3 is 15.5 Å². The van der Waals surface area contributed by atoms with Crippen LogP contribution in [0, 0.1) is 11.6 Å². The molecule has 176 valence electrons. The first kappa shape index (κ1) is 22.6. The summed E-state index contributed by atoms with van der Waals surface area (Å²) in [5.41, 5.74) is 3.98. The molecule has 1 amide bonds. The van der Waals surface area contributed by atoms with E-state index in [1.165, 1.54) is 6.07 Å². The Balaban J connectivity index is 1.54. The number of phenolic OH excluding ortho intramolecular Hbond substituents is 1. The van der Waals surface area contributed by atoms with Gasteiger partial charge in [0.25, 0.3) is 0 Å². The summed E-state index contributed by atoms with van der Waals surface area (Å²) in [5.74, 6) is -2.26. The van der Waals surface area contributed by atoms with E-state index in [1.807, 2.05) is 6.07 Å². The summed E-state index contributed by atoms with van der Waals surface area (Å²) in [6.45, 7) is 0. The van der Waals surface area contributed by atoms with E-state index in [2.05, 4.69) is 10.3 Å². The minimum atomic E-state index is -1.17. The third-order valence-corrected chi connectivity index (χ3v) is 5.95. The number of rotatable bonds is 5. The molecular formula is C27H21F2N3O3. The summed E-state index contributed by atoms with van der Waals surface area (Å²) in [6.07, 6.45) is -0.213. The third-order valence-electron chi connectivity index (χ3n) is 5.95. The molecule has 6 nitrogen and oxygen atoms in total. The summed E-state index contributed by atoms with van der Waals surface area (Å²) in [7, 11) is 0. The summed E-state index contributed by atoms with van der Waals surface area (Å²) in [5, 5.41) is 23.7. The lowest BCUT2D eigenvalue weighted by Crippen LogP contribution is -2.21. The van der Waals surface area contributed by atoms with Crippen molar-refractivity contribution in [3.8, 4) is 17.0 Å². The van der Waals surface area contributed by atoms with Crippen molar-refractivity contribution in [2.45, 2.75) is 25.4 Å². The van der Waals surface area contributed by atoms with E-state index in [1.54, 1.807) is 42.5 Å². The molecule has 0 saturated heterocycles. The standard InChI is InChI=1S/C27H21F2N3O3/c28-20-10-6-15(12-21(20)29)13-23(34)31-27-25(26(35)16-4-2-1-3-5-16)32-24-19-9-8-18(33)14-17(19)7-11-22(24)30-27/h1-6,8-10,12,14,26,33,35H,7,11,13H2,(H,30,31,34). The summed E-state index contributed by atoms with van der Waals surface area (Å²) in [4.78, 5) is 22.2. The molecule has 35 heavy (non-hydrogen) atoms. The van der Waals surface area contributed by atoms with Crippen molar-refractivity contribution in [2.24, 2.45) is 0 Å². The highest BCUT2D eigenvalue weighted by atomic mass is 19.2. The second-order valence-electron chi connectivity index (χ2n) is 8.38. The molecule has 1 unspecified atom stereocenters. The van der Waals surface area contributed by atoms with E-state index in [0.717, 1.165) is 23.3 Å². The molecule has 0 radical (unpaired) electrons. The molecule has 3 N–H and O–H groups in total. The fourth-order valence-electron chi connectivity index (χ4n) is 4.23. The summed E-state index contributed by atoms with van der Waals surface area (Å²) >= 11 is 0. The highest BCUT2D eigenvalue weighted by Crippen LogP contribution is 2.36. The molecule has 3 aromatic carbocycles.